The van der Waals surface area contributed by atoms with Gasteiger partial charge in [0, 0.05) is 18.2 Å². The van der Waals surface area contributed by atoms with Gasteiger partial charge in [-0.2, -0.15) is 0 Å². The SMILES string of the molecule is COc1ccc2c(c1)CC(C(=O)N1CCCC1c1ccc(OC)cc1OC)CO2. The monoisotopic (exact) mass is 397 g/mol. The van der Waals surface area contributed by atoms with E-state index in [1.807, 2.05) is 41.3 Å². The van der Waals surface area contributed by atoms with E-state index in [1.54, 1.807) is 21.3 Å². The Hall–Kier alpha value is -2.89. The zero-order valence-electron chi connectivity index (χ0n) is 17.1. The highest BCUT2D eigenvalue weighted by Crippen LogP contribution is 2.40. The van der Waals surface area contributed by atoms with Crippen LogP contribution in [0, 0.1) is 5.92 Å². The Morgan fingerprint density at radius 1 is 1.03 bits per heavy atom. The van der Waals surface area contributed by atoms with Gasteiger partial charge in [-0.05, 0) is 55.2 Å². The number of benzene rings is 2. The predicted molar refractivity (Wildman–Crippen MR) is 109 cm³/mol. The lowest BCUT2D eigenvalue weighted by Gasteiger charge is -2.32. The molecule has 0 N–H and O–H groups in total. The maximum atomic E-state index is 13.4. The summed E-state index contributed by atoms with van der Waals surface area (Å²) in [5, 5.41) is 0. The summed E-state index contributed by atoms with van der Waals surface area (Å²) in [6.45, 7) is 1.15. The lowest BCUT2D eigenvalue weighted by Crippen LogP contribution is -2.40. The van der Waals surface area contributed by atoms with Crippen molar-refractivity contribution in [1.29, 1.82) is 0 Å². The number of carbonyl (C=O) groups excluding carboxylic acids is 1. The first-order valence-electron chi connectivity index (χ1n) is 9.96. The van der Waals surface area contributed by atoms with Crippen LogP contribution in [0.1, 0.15) is 30.0 Å². The van der Waals surface area contributed by atoms with Crippen LogP contribution in [0.4, 0.5) is 0 Å². The smallest absolute Gasteiger partial charge is 0.229 e. The molecule has 2 heterocycles. The number of hydrogen-bond donors (Lipinski definition) is 0. The van der Waals surface area contributed by atoms with Gasteiger partial charge in [0.1, 0.15) is 29.6 Å². The van der Waals surface area contributed by atoms with Crippen molar-refractivity contribution in [2.75, 3.05) is 34.5 Å². The van der Waals surface area contributed by atoms with Crippen molar-refractivity contribution in [1.82, 2.24) is 4.90 Å². The molecule has 4 rings (SSSR count). The van der Waals surface area contributed by atoms with Gasteiger partial charge in [-0.15, -0.1) is 0 Å². The Balaban J connectivity index is 1.55. The second-order valence-electron chi connectivity index (χ2n) is 7.48. The van der Waals surface area contributed by atoms with E-state index in [4.69, 9.17) is 18.9 Å². The van der Waals surface area contributed by atoms with Crippen LogP contribution in [-0.4, -0.2) is 45.3 Å². The minimum atomic E-state index is -0.195. The van der Waals surface area contributed by atoms with E-state index >= 15 is 0 Å². The number of fused-ring (bicyclic) bond motifs is 1. The zero-order valence-corrected chi connectivity index (χ0v) is 17.1. The second-order valence-corrected chi connectivity index (χ2v) is 7.48. The van der Waals surface area contributed by atoms with Gasteiger partial charge in [-0.3, -0.25) is 4.79 Å². The van der Waals surface area contributed by atoms with Gasteiger partial charge in [0.05, 0.1) is 33.3 Å². The fourth-order valence-corrected chi connectivity index (χ4v) is 4.34. The topological polar surface area (TPSA) is 57.2 Å². The Morgan fingerprint density at radius 3 is 2.55 bits per heavy atom. The Bertz CT molecular complexity index is 897. The van der Waals surface area contributed by atoms with Crippen LogP contribution in [0.3, 0.4) is 0 Å². The molecule has 2 atom stereocenters. The van der Waals surface area contributed by atoms with E-state index in [1.165, 1.54) is 0 Å². The van der Waals surface area contributed by atoms with Crippen LogP contribution in [0.15, 0.2) is 36.4 Å². The van der Waals surface area contributed by atoms with E-state index in [0.29, 0.717) is 13.0 Å². The first-order chi connectivity index (χ1) is 14.1. The fraction of sp³-hybridized carbons (Fsp3) is 0.435. The number of nitrogens with zero attached hydrogens (tertiary/aromatic N) is 1. The lowest BCUT2D eigenvalue weighted by molar-refractivity contribution is -0.137. The van der Waals surface area contributed by atoms with Crippen LogP contribution in [-0.2, 0) is 11.2 Å². The molecule has 6 heteroatoms. The summed E-state index contributed by atoms with van der Waals surface area (Å²) in [4.78, 5) is 15.4. The Morgan fingerprint density at radius 2 is 1.79 bits per heavy atom. The average Bonchev–Trinajstić information content (AvgIpc) is 3.26. The zero-order chi connectivity index (χ0) is 20.4. The Kier molecular flexibility index (Phi) is 5.51. The van der Waals surface area contributed by atoms with E-state index < -0.39 is 0 Å². The van der Waals surface area contributed by atoms with Crippen molar-refractivity contribution in [3.63, 3.8) is 0 Å². The summed E-state index contributed by atoms with van der Waals surface area (Å²) >= 11 is 0. The number of likely N-dealkylation sites (tertiary alicyclic amines) is 1. The minimum absolute atomic E-state index is 0.00932. The summed E-state index contributed by atoms with van der Waals surface area (Å²) in [6, 6.07) is 11.6. The number of ether oxygens (including phenoxy) is 4. The van der Waals surface area contributed by atoms with Crippen LogP contribution >= 0.6 is 0 Å². The molecule has 154 valence electrons. The van der Waals surface area contributed by atoms with Crippen LogP contribution in [0.25, 0.3) is 0 Å². The third-order valence-electron chi connectivity index (χ3n) is 5.86. The number of hydrogen-bond acceptors (Lipinski definition) is 5. The first kappa shape index (κ1) is 19.4. The summed E-state index contributed by atoms with van der Waals surface area (Å²) < 4.78 is 22.1. The molecule has 1 saturated heterocycles. The molecule has 2 aliphatic rings. The molecular formula is C23H27NO5. The maximum absolute atomic E-state index is 13.4. The van der Waals surface area contributed by atoms with Crippen molar-refractivity contribution in [2.45, 2.75) is 25.3 Å². The third-order valence-corrected chi connectivity index (χ3v) is 5.86. The summed E-state index contributed by atoms with van der Waals surface area (Å²) in [6.07, 6.45) is 2.56. The van der Waals surface area contributed by atoms with Gasteiger partial charge in [0.15, 0.2) is 0 Å². The van der Waals surface area contributed by atoms with E-state index in [9.17, 15) is 4.79 Å². The van der Waals surface area contributed by atoms with Gasteiger partial charge < -0.3 is 23.8 Å². The number of methoxy groups -OCH3 is 3. The van der Waals surface area contributed by atoms with Gasteiger partial charge in [-0.1, -0.05) is 0 Å². The van der Waals surface area contributed by atoms with Gasteiger partial charge in [0.25, 0.3) is 0 Å². The average molecular weight is 397 g/mol. The van der Waals surface area contributed by atoms with Crippen molar-refractivity contribution in [3.05, 3.63) is 47.5 Å². The van der Waals surface area contributed by atoms with Gasteiger partial charge in [0.2, 0.25) is 5.91 Å². The molecular weight excluding hydrogens is 370 g/mol. The van der Waals surface area contributed by atoms with Crippen molar-refractivity contribution in [3.8, 4) is 23.0 Å². The standard InChI is InChI=1S/C23H27NO5/c1-26-17-7-9-21-15(12-17)11-16(14-29-21)23(25)24-10-4-5-20(24)19-8-6-18(27-2)13-22(19)28-3/h6-9,12-13,16,20H,4-5,10-11,14H2,1-3H3. The van der Waals surface area contributed by atoms with Crippen LogP contribution < -0.4 is 18.9 Å². The molecule has 2 aromatic rings. The summed E-state index contributed by atoms with van der Waals surface area (Å²) in [7, 11) is 4.93. The van der Waals surface area contributed by atoms with E-state index in [0.717, 1.165) is 53.5 Å². The molecule has 2 aliphatic heterocycles. The number of amides is 1. The lowest BCUT2D eigenvalue weighted by atomic mass is 9.94. The molecule has 29 heavy (non-hydrogen) atoms. The highest BCUT2D eigenvalue weighted by atomic mass is 16.5. The minimum Gasteiger partial charge on any atom is -0.497 e. The molecule has 6 nitrogen and oxygen atoms in total. The largest absolute Gasteiger partial charge is 0.497 e. The number of rotatable bonds is 5. The van der Waals surface area contributed by atoms with Gasteiger partial charge >= 0.3 is 0 Å². The van der Waals surface area contributed by atoms with Gasteiger partial charge in [-0.25, -0.2) is 0 Å². The predicted octanol–water partition coefficient (Wildman–Crippen LogP) is 3.63. The molecule has 1 fully saturated rings. The molecule has 0 saturated carbocycles. The second kappa shape index (κ2) is 8.23. The van der Waals surface area contributed by atoms with Crippen molar-refractivity contribution >= 4 is 5.91 Å². The first-order valence-corrected chi connectivity index (χ1v) is 9.96. The fourth-order valence-electron chi connectivity index (χ4n) is 4.34. The molecule has 0 bridgehead atoms. The van der Waals surface area contributed by atoms with E-state index in [-0.39, 0.29) is 17.9 Å². The Labute approximate surface area is 171 Å². The normalized spacial score (nSPS) is 20.6. The molecule has 1 amide bonds. The molecule has 0 radical (unpaired) electrons. The molecule has 0 spiro atoms. The molecule has 2 unspecified atom stereocenters. The molecule has 2 aromatic carbocycles. The highest BCUT2D eigenvalue weighted by molar-refractivity contribution is 5.81. The van der Waals surface area contributed by atoms with Crippen LogP contribution in [0.5, 0.6) is 23.0 Å². The van der Waals surface area contributed by atoms with Crippen LogP contribution in [0.2, 0.25) is 0 Å². The quantitative estimate of drug-likeness (QED) is 0.771. The van der Waals surface area contributed by atoms with Crippen molar-refractivity contribution < 1.29 is 23.7 Å². The number of carbonyl (C=O) groups is 1. The maximum Gasteiger partial charge on any atom is 0.229 e. The summed E-state index contributed by atoms with van der Waals surface area (Å²) in [5.74, 6) is 3.06. The molecule has 0 aromatic heterocycles. The van der Waals surface area contributed by atoms with E-state index in [2.05, 4.69) is 0 Å². The molecule has 0 aliphatic carbocycles. The third kappa shape index (κ3) is 3.71. The van der Waals surface area contributed by atoms with Crippen molar-refractivity contribution in [2.24, 2.45) is 5.92 Å². The summed E-state index contributed by atoms with van der Waals surface area (Å²) in [5.41, 5.74) is 2.05. The highest BCUT2D eigenvalue weighted by Gasteiger charge is 2.37.